The Bertz CT molecular complexity index is 1510. The minimum absolute atomic E-state index is 0.152. The molecule has 0 amide bonds. The largest absolute Gasteiger partial charge is 0.542 e. The number of benzene rings is 2. The lowest BCUT2D eigenvalue weighted by molar-refractivity contribution is -0.434. The zero-order valence-corrected chi connectivity index (χ0v) is 22.9. The van der Waals surface area contributed by atoms with E-state index in [1.165, 1.54) is 0 Å². The van der Waals surface area contributed by atoms with Crippen LogP contribution in [0.2, 0.25) is 0 Å². The van der Waals surface area contributed by atoms with Crippen molar-refractivity contribution < 1.29 is 41.6 Å². The molecule has 0 spiro atoms. The van der Waals surface area contributed by atoms with Crippen LogP contribution in [-0.4, -0.2) is 47.0 Å². The average Bonchev–Trinajstić information content (AvgIpc) is 3.57. The second kappa shape index (κ2) is 13.7. The van der Waals surface area contributed by atoms with Crippen LogP contribution in [0.3, 0.4) is 0 Å². The molecule has 0 radical (unpaired) electrons. The van der Waals surface area contributed by atoms with E-state index < -0.39 is 28.2 Å². The number of nitrogens with zero attached hydrogens (tertiary/aromatic N) is 3. The second-order valence-electron chi connectivity index (χ2n) is 8.82. The van der Waals surface area contributed by atoms with E-state index in [2.05, 4.69) is 18.5 Å². The minimum atomic E-state index is -5.19. The van der Waals surface area contributed by atoms with E-state index in [-0.39, 0.29) is 10.7 Å². The van der Waals surface area contributed by atoms with Gasteiger partial charge in [-0.3, -0.25) is 5.32 Å². The average molecular weight is 598 g/mol. The van der Waals surface area contributed by atoms with Gasteiger partial charge in [0.05, 0.1) is 22.8 Å². The molecule has 214 valence electrons. The number of carbonyl (C=O) groups excluding carboxylic acids is 2. The van der Waals surface area contributed by atoms with Gasteiger partial charge in [0.25, 0.3) is 0 Å². The van der Waals surface area contributed by atoms with E-state index in [1.807, 2.05) is 35.6 Å². The number of rotatable bonds is 11. The Labute approximate surface area is 232 Å². The first kappa shape index (κ1) is 31.0. The van der Waals surface area contributed by atoms with Crippen LogP contribution < -0.4 is 15.1 Å². The Balaban J connectivity index is 0.000000559. The van der Waals surface area contributed by atoms with Crippen molar-refractivity contribution in [2.24, 2.45) is 4.99 Å². The fourth-order valence-electron chi connectivity index (χ4n) is 3.71. The summed E-state index contributed by atoms with van der Waals surface area (Å²) in [5.74, 6) is -2.16. The minimum Gasteiger partial charge on any atom is -0.542 e. The highest BCUT2D eigenvalue weighted by Gasteiger charge is 2.30. The van der Waals surface area contributed by atoms with Gasteiger partial charge in [0.15, 0.2) is 5.70 Å². The second-order valence-corrected chi connectivity index (χ2v) is 11.1. The maximum absolute atomic E-state index is 13.2. The summed E-state index contributed by atoms with van der Waals surface area (Å²) < 4.78 is 69.1. The fraction of sp³-hybridized carbons (Fsp3) is 0.320. The Morgan fingerprint density at radius 3 is 2.38 bits per heavy atom. The van der Waals surface area contributed by atoms with Crippen LogP contribution in [0.25, 0.3) is 16.7 Å². The Morgan fingerprint density at radius 1 is 1.05 bits per heavy atom. The zero-order chi connectivity index (χ0) is 29.3. The number of nitrogens with one attached hydrogen (secondary N) is 1. The molecule has 0 bridgehead atoms. The first-order valence-electron chi connectivity index (χ1n) is 12.1. The van der Waals surface area contributed by atoms with Crippen molar-refractivity contribution in [2.45, 2.75) is 56.1 Å². The van der Waals surface area contributed by atoms with E-state index in [0.717, 1.165) is 42.3 Å². The first-order chi connectivity index (χ1) is 18.9. The molecule has 0 unspecified atom stereocenters. The molecule has 3 N–H and O–H groups in total. The molecule has 1 aliphatic rings. The molecule has 10 nitrogen and oxygen atoms in total. The number of quaternary nitrogens is 1. The monoisotopic (exact) mass is 597 g/mol. The van der Waals surface area contributed by atoms with Gasteiger partial charge in [0.1, 0.15) is 28.8 Å². The summed E-state index contributed by atoms with van der Waals surface area (Å²) in [5, 5.41) is 10.7. The topological polar surface area (TPSA) is 158 Å². The maximum atomic E-state index is 13.2. The molecule has 2 heterocycles. The number of fused-ring (bicyclic) bond motifs is 1. The predicted molar refractivity (Wildman–Crippen MR) is 140 cm³/mol. The molecule has 0 saturated carbocycles. The number of nitrogens with two attached hydrogens (primary N) is 1. The number of amidine groups is 1. The van der Waals surface area contributed by atoms with Crippen LogP contribution in [-0.2, 0) is 19.6 Å². The molecule has 1 aromatic heterocycles. The van der Waals surface area contributed by atoms with Gasteiger partial charge in [0.2, 0.25) is 15.9 Å². The number of ketones is 1. The third-order valence-electron chi connectivity index (χ3n) is 5.71. The highest BCUT2D eigenvalue weighted by atomic mass is 32.2. The molecule has 15 heteroatoms. The Hall–Kier alpha value is -3.53. The summed E-state index contributed by atoms with van der Waals surface area (Å²) in [6.07, 6.45) is 0.137. The SMILES string of the molecule is CC(=O)CCCCC[C@H](NS(=O)(=O)c1ccc2nsnc2c1)C1=NC=C(c2ccccc2)[NH2+]1.O=C([O-])C(F)(F)F. The zero-order valence-electron chi connectivity index (χ0n) is 21.2. The van der Waals surface area contributed by atoms with Gasteiger partial charge < -0.3 is 14.7 Å². The van der Waals surface area contributed by atoms with Crippen molar-refractivity contribution >= 4 is 56.1 Å². The van der Waals surface area contributed by atoms with Crippen LogP contribution in [0.15, 0.2) is 64.6 Å². The van der Waals surface area contributed by atoms with Gasteiger partial charge in [-0.1, -0.05) is 31.0 Å². The van der Waals surface area contributed by atoms with E-state index >= 15 is 0 Å². The molecule has 0 aliphatic carbocycles. The summed E-state index contributed by atoms with van der Waals surface area (Å²) in [6.45, 7) is 1.59. The summed E-state index contributed by atoms with van der Waals surface area (Å²) in [6, 6.07) is 14.1. The first-order valence-corrected chi connectivity index (χ1v) is 14.3. The lowest BCUT2D eigenvalue weighted by atomic mass is 10.1. The molecule has 0 saturated heterocycles. The van der Waals surface area contributed by atoms with Gasteiger partial charge in [0, 0.05) is 12.0 Å². The number of halogens is 3. The molecule has 1 atom stereocenters. The van der Waals surface area contributed by atoms with Gasteiger partial charge >= 0.3 is 6.18 Å². The van der Waals surface area contributed by atoms with Crippen LogP contribution in [0.1, 0.15) is 44.6 Å². The van der Waals surface area contributed by atoms with Gasteiger partial charge in [-0.15, -0.1) is 0 Å². The highest BCUT2D eigenvalue weighted by Crippen LogP contribution is 2.19. The number of Topliss-reactive ketones (excluding diaryl/α,β-unsaturated/α-hetero) is 1. The summed E-state index contributed by atoms with van der Waals surface area (Å²) >= 11 is 1.05. The summed E-state index contributed by atoms with van der Waals surface area (Å²) in [7, 11) is -3.80. The van der Waals surface area contributed by atoms with Crippen LogP contribution in [0.4, 0.5) is 13.2 Å². The third kappa shape index (κ3) is 9.01. The number of aliphatic carboxylic acids is 1. The van der Waals surface area contributed by atoms with E-state index in [1.54, 1.807) is 31.3 Å². The number of unbranched alkanes of at least 4 members (excludes halogenated alkanes) is 2. The molecular weight excluding hydrogens is 571 g/mol. The van der Waals surface area contributed by atoms with Crippen molar-refractivity contribution in [1.82, 2.24) is 13.5 Å². The summed E-state index contributed by atoms with van der Waals surface area (Å²) in [5.41, 5.74) is 3.20. The lowest BCUT2D eigenvalue weighted by Gasteiger charge is -2.17. The molecule has 3 aromatic rings. The number of hydrogen-bond donors (Lipinski definition) is 2. The predicted octanol–water partition coefficient (Wildman–Crippen LogP) is 2.15. The third-order valence-corrected chi connectivity index (χ3v) is 7.73. The lowest BCUT2D eigenvalue weighted by Crippen LogP contribution is -2.87. The van der Waals surface area contributed by atoms with Crippen molar-refractivity contribution in [1.29, 1.82) is 0 Å². The van der Waals surface area contributed by atoms with Crippen LogP contribution >= 0.6 is 11.7 Å². The molecule has 2 aromatic carbocycles. The van der Waals surface area contributed by atoms with E-state index in [9.17, 15) is 26.4 Å². The molecule has 0 fully saturated rings. The van der Waals surface area contributed by atoms with Gasteiger partial charge in [-0.05, 0) is 50.1 Å². The van der Waals surface area contributed by atoms with Crippen LogP contribution in [0, 0.1) is 0 Å². The standard InChI is InChI=1S/C23H25N5O3S2.C2HF3O2/c1-16(29)8-4-2-7-11-20(23-24-15-22(25-23)17-9-5-3-6-10-17)28-33(30,31)18-12-13-19-21(14-18)27-32-26-19;3-2(4,5)1(6)7/h3,5-6,9-10,12-15,20,28H,2,4,7-8,11H2,1H3,(H,24,25);(H,6,7)/t20-;/m0./s1. The number of aliphatic imine (C=N–C) groups is 1. The van der Waals surface area contributed by atoms with Crippen molar-refractivity contribution in [2.75, 3.05) is 0 Å². The quantitative estimate of drug-likeness (QED) is 0.321. The molecule has 40 heavy (non-hydrogen) atoms. The van der Waals surface area contributed by atoms with Crippen molar-refractivity contribution in [3.8, 4) is 0 Å². The number of aromatic nitrogens is 2. The number of carboxylic acid groups (broad SMARTS) is 1. The van der Waals surface area contributed by atoms with Gasteiger partial charge in [-0.25, -0.2) is 13.4 Å². The maximum Gasteiger partial charge on any atom is 0.430 e. The number of alkyl halides is 3. The smallest absolute Gasteiger partial charge is 0.430 e. The Kier molecular flexibility index (Phi) is 10.6. The van der Waals surface area contributed by atoms with Crippen LogP contribution in [0.5, 0.6) is 0 Å². The fourth-order valence-corrected chi connectivity index (χ4v) is 5.49. The van der Waals surface area contributed by atoms with Crippen molar-refractivity contribution in [3.05, 3.63) is 60.3 Å². The number of hydrogen-bond acceptors (Lipinski definition) is 9. The highest BCUT2D eigenvalue weighted by molar-refractivity contribution is 7.89. The number of carbonyl (C=O) groups is 2. The molecular formula is C25H26F3N5O5S2. The van der Waals surface area contributed by atoms with E-state index in [4.69, 9.17) is 9.90 Å². The van der Waals surface area contributed by atoms with Gasteiger partial charge in [-0.2, -0.15) is 26.6 Å². The molecule has 4 rings (SSSR count). The summed E-state index contributed by atoms with van der Waals surface area (Å²) in [4.78, 5) is 24.7. The van der Waals surface area contributed by atoms with Crippen molar-refractivity contribution in [3.63, 3.8) is 0 Å². The molecule has 1 aliphatic heterocycles. The normalized spacial score (nSPS) is 14.2. The van der Waals surface area contributed by atoms with E-state index in [0.29, 0.717) is 29.7 Å². The number of carboxylic acids is 1. The Morgan fingerprint density at radius 2 is 1.73 bits per heavy atom. The number of sulfonamides is 1.